The highest BCUT2D eigenvalue weighted by Crippen LogP contribution is 2.22. The number of nitrogens with one attached hydrogen (secondary N) is 9. The lowest BCUT2D eigenvalue weighted by molar-refractivity contribution is -0.142. The number of fused-ring (bicyclic) bond motifs is 1. The number of carbonyl (C=O) groups is 12. The maximum atomic E-state index is 15.1. The second-order valence-corrected chi connectivity index (χ2v) is 23.1. The second kappa shape index (κ2) is 34.1. The maximum Gasteiger partial charge on any atom is 0.246 e. The van der Waals surface area contributed by atoms with Crippen LogP contribution in [-0.4, -0.2) is 154 Å². The Bertz CT molecular complexity index is 3160. The highest BCUT2D eigenvalue weighted by molar-refractivity contribution is 6.00. The zero-order valence-electron chi connectivity index (χ0n) is 50.7. The average molecular weight is 1240 g/mol. The van der Waals surface area contributed by atoms with Crippen LogP contribution < -0.4 is 65.1 Å². The summed E-state index contributed by atoms with van der Waals surface area (Å²) >= 11 is 0. The van der Waals surface area contributed by atoms with Gasteiger partial charge in [0.15, 0.2) is 0 Å². The smallest absolute Gasteiger partial charge is 0.246 e. The van der Waals surface area contributed by atoms with Crippen LogP contribution in [0.15, 0.2) is 115 Å². The molecule has 2 fully saturated rings. The van der Waals surface area contributed by atoms with Crippen LogP contribution in [0.3, 0.4) is 0 Å². The van der Waals surface area contributed by atoms with Gasteiger partial charge in [-0.15, -0.1) is 0 Å². The third kappa shape index (κ3) is 21.6. The number of hydrogen-bond donors (Lipinski definition) is 13. The highest BCUT2D eigenvalue weighted by Gasteiger charge is 2.41. The van der Waals surface area contributed by atoms with Crippen LogP contribution in [0, 0.1) is 5.92 Å². The number of primary amides is 2. The zero-order valence-corrected chi connectivity index (χ0v) is 50.7. The zero-order chi connectivity index (χ0) is 65.4. The summed E-state index contributed by atoms with van der Waals surface area (Å²) in [5.41, 5.74) is 19.2. The van der Waals surface area contributed by atoms with Crippen LogP contribution in [0.4, 0.5) is 0 Å². The number of amides is 12. The number of hydrogen-bond acceptors (Lipinski definition) is 14. The first-order valence-electron chi connectivity index (χ1n) is 30.2. The number of nitrogens with two attached hydrogens (primary N) is 3. The standard InChI is InChI=1S/C64H83N13O13/c1-37(2)31-46-59(85)76-51(35-41-19-11-6-12-20-41)64(90)77-30-14-22-52(77)63(89)75-49(33-40-17-9-5-10-18-40)61(87)73-48(32-39-15-7-4-8-16-39)60(86)74-50(36-54(67)80)62(88)70-45(27-28-53(66)79)57(83)72-47(34-42-23-25-43(78)26-24-42)58(84)68-38(3)55(81)69-44(21-13-29-65)56(82)71-46/h4-12,15-20,23-26,37-38,44-52,78H,13-14,21-22,27-36,65H2,1-3H3,(H2,66,79)(H2,67,80)(H,68,84)(H,69,81)(H,70,88)(H,71,82)(H,72,83)(H,73,87)(H,74,86)(H,75,89)(H,76,85)/t38-,44-,45-,46-,47-,48+,49-,50-,51+,52-/m0/s1. The van der Waals surface area contributed by atoms with Crippen molar-refractivity contribution in [2.45, 2.75) is 158 Å². The molecule has 90 heavy (non-hydrogen) atoms. The monoisotopic (exact) mass is 1240 g/mol. The number of rotatable bonds is 18. The molecule has 6 rings (SSSR count). The largest absolute Gasteiger partial charge is 0.508 e. The lowest BCUT2D eigenvalue weighted by Gasteiger charge is -2.31. The molecule has 2 aliphatic rings. The predicted octanol–water partition coefficient (Wildman–Crippen LogP) is -1.02. The normalized spacial score (nSPS) is 24.1. The fourth-order valence-corrected chi connectivity index (χ4v) is 10.6. The van der Waals surface area contributed by atoms with Crippen molar-refractivity contribution >= 4 is 70.9 Å². The van der Waals surface area contributed by atoms with Crippen molar-refractivity contribution in [3.8, 4) is 5.75 Å². The van der Waals surface area contributed by atoms with Gasteiger partial charge in [-0.1, -0.05) is 117 Å². The van der Waals surface area contributed by atoms with E-state index in [1.807, 2.05) is 13.8 Å². The molecule has 12 amide bonds. The van der Waals surface area contributed by atoms with Crippen LogP contribution in [0.5, 0.6) is 5.75 Å². The SMILES string of the molecule is CC(C)C[C@@H]1NC(=O)[C@H](CCCN)NC(=O)[C@H](C)NC(=O)[C@H](Cc2ccc(O)cc2)NC(=O)[C@H](CCC(N)=O)NC(=O)[C@H](CC(N)=O)NC(=O)[C@@H](Cc2ccccc2)NC(=O)[C@H](Cc2ccccc2)NC(=O)[C@@H]2CCCN2C(=O)[C@@H](Cc2ccccc2)NC1=O. The minimum atomic E-state index is -1.84. The van der Waals surface area contributed by atoms with Gasteiger partial charge in [0.25, 0.3) is 0 Å². The van der Waals surface area contributed by atoms with Gasteiger partial charge in [-0.05, 0) is 92.3 Å². The number of aromatic hydroxyl groups is 1. The van der Waals surface area contributed by atoms with Crippen molar-refractivity contribution in [2.24, 2.45) is 23.1 Å². The summed E-state index contributed by atoms with van der Waals surface area (Å²) in [7, 11) is 0. The van der Waals surface area contributed by atoms with Crippen molar-refractivity contribution < 1.29 is 62.6 Å². The topological polar surface area (TPSA) is 415 Å². The molecular formula is C64H83N13O13. The molecule has 16 N–H and O–H groups in total. The molecule has 0 aliphatic carbocycles. The number of phenols is 1. The molecule has 10 atom stereocenters. The Kier molecular flexibility index (Phi) is 26.3. The van der Waals surface area contributed by atoms with Crippen molar-refractivity contribution in [3.05, 3.63) is 138 Å². The molecule has 0 radical (unpaired) electrons. The van der Waals surface area contributed by atoms with Gasteiger partial charge >= 0.3 is 0 Å². The number of benzene rings is 4. The van der Waals surface area contributed by atoms with Gasteiger partial charge in [-0.3, -0.25) is 57.5 Å². The van der Waals surface area contributed by atoms with Gasteiger partial charge in [0.05, 0.1) is 6.42 Å². The quantitative estimate of drug-likeness (QED) is 0.0567. The lowest BCUT2D eigenvalue weighted by atomic mass is 9.99. The summed E-state index contributed by atoms with van der Waals surface area (Å²) in [5, 5.41) is 33.9. The fourth-order valence-electron chi connectivity index (χ4n) is 10.6. The van der Waals surface area contributed by atoms with Gasteiger partial charge < -0.3 is 75.1 Å². The molecule has 4 aromatic rings. The van der Waals surface area contributed by atoms with Crippen molar-refractivity contribution in [1.29, 1.82) is 0 Å². The van der Waals surface area contributed by atoms with E-state index in [1.54, 1.807) is 91.0 Å². The molecule has 0 unspecified atom stereocenters. The van der Waals surface area contributed by atoms with E-state index in [2.05, 4.69) is 47.9 Å². The highest BCUT2D eigenvalue weighted by atomic mass is 16.3. The maximum absolute atomic E-state index is 15.1. The van der Waals surface area contributed by atoms with E-state index >= 15 is 4.79 Å². The second-order valence-electron chi connectivity index (χ2n) is 23.1. The summed E-state index contributed by atoms with van der Waals surface area (Å²) in [6.45, 7) is 5.12. The molecule has 4 aromatic carbocycles. The minimum Gasteiger partial charge on any atom is -0.508 e. The Balaban J connectivity index is 1.44. The summed E-state index contributed by atoms with van der Waals surface area (Å²) in [4.78, 5) is 172. The fraction of sp³-hybridized carbons (Fsp3) is 0.438. The Morgan fingerprint density at radius 2 is 0.867 bits per heavy atom. The molecule has 0 aromatic heterocycles. The Morgan fingerprint density at radius 3 is 1.36 bits per heavy atom. The van der Waals surface area contributed by atoms with Gasteiger partial charge in [0, 0.05) is 38.6 Å². The molecule has 2 aliphatic heterocycles. The number of phenolic OH excluding ortho intramolecular Hbond substituents is 1. The molecule has 0 saturated carbocycles. The first kappa shape index (κ1) is 69.4. The van der Waals surface area contributed by atoms with Gasteiger partial charge in [0.1, 0.15) is 66.2 Å². The van der Waals surface area contributed by atoms with Crippen LogP contribution in [0.1, 0.15) is 94.4 Å². The number of nitrogens with zero attached hydrogens (tertiary/aromatic N) is 1. The summed E-state index contributed by atoms with van der Waals surface area (Å²) in [5.74, 6) is -11.2. The van der Waals surface area contributed by atoms with Crippen LogP contribution >= 0.6 is 0 Å². The molecule has 2 saturated heterocycles. The lowest BCUT2D eigenvalue weighted by Crippen LogP contribution is -2.62. The average Bonchev–Trinajstić information content (AvgIpc) is 2.15. The Labute approximate surface area is 522 Å². The molecule has 2 heterocycles. The third-order valence-corrected chi connectivity index (χ3v) is 15.3. The third-order valence-electron chi connectivity index (χ3n) is 15.3. The van der Waals surface area contributed by atoms with Crippen molar-refractivity contribution in [2.75, 3.05) is 13.1 Å². The first-order chi connectivity index (χ1) is 43.0. The summed E-state index contributed by atoms with van der Waals surface area (Å²) in [6, 6.07) is 16.9. The molecule has 482 valence electrons. The van der Waals surface area contributed by atoms with Gasteiger partial charge in [0.2, 0.25) is 70.9 Å². The first-order valence-corrected chi connectivity index (χ1v) is 30.2. The van der Waals surface area contributed by atoms with E-state index in [1.165, 1.54) is 36.1 Å². The molecule has 0 bridgehead atoms. The number of carbonyl (C=O) groups excluding carboxylic acids is 12. The molecular weight excluding hydrogens is 1160 g/mol. The summed E-state index contributed by atoms with van der Waals surface area (Å²) in [6.07, 6.45) is -1.74. The van der Waals surface area contributed by atoms with Crippen molar-refractivity contribution in [3.63, 3.8) is 0 Å². The van der Waals surface area contributed by atoms with E-state index in [0.29, 0.717) is 28.7 Å². The van der Waals surface area contributed by atoms with E-state index in [9.17, 15) is 57.8 Å². The summed E-state index contributed by atoms with van der Waals surface area (Å²) < 4.78 is 0. The van der Waals surface area contributed by atoms with E-state index < -0.39 is 151 Å². The Morgan fingerprint density at radius 1 is 0.478 bits per heavy atom. The Hall–Kier alpha value is -9.72. The van der Waals surface area contributed by atoms with E-state index in [4.69, 9.17) is 17.2 Å². The van der Waals surface area contributed by atoms with Crippen molar-refractivity contribution in [1.82, 2.24) is 52.8 Å². The molecule has 26 nitrogen and oxygen atoms in total. The van der Waals surface area contributed by atoms with Crippen LogP contribution in [0.2, 0.25) is 0 Å². The van der Waals surface area contributed by atoms with Gasteiger partial charge in [-0.2, -0.15) is 0 Å². The van der Waals surface area contributed by atoms with Gasteiger partial charge in [-0.25, -0.2) is 0 Å². The van der Waals surface area contributed by atoms with E-state index in [-0.39, 0.29) is 76.1 Å². The predicted molar refractivity (Wildman–Crippen MR) is 330 cm³/mol. The van der Waals surface area contributed by atoms with E-state index in [0.717, 1.165) is 0 Å². The van der Waals surface area contributed by atoms with Crippen LogP contribution in [-0.2, 0) is 83.2 Å². The van der Waals surface area contributed by atoms with Crippen LogP contribution in [0.25, 0.3) is 0 Å². The molecule has 26 heteroatoms. The molecule has 0 spiro atoms. The minimum absolute atomic E-state index is 0.0254.